The van der Waals surface area contributed by atoms with E-state index >= 15 is 0 Å². The van der Waals surface area contributed by atoms with Crippen molar-refractivity contribution in [2.45, 2.75) is 32.6 Å². The molecule has 0 radical (unpaired) electrons. The molecule has 0 unspecified atom stereocenters. The van der Waals surface area contributed by atoms with Crippen LogP contribution in [0.15, 0.2) is 0 Å². The maximum atomic E-state index is 8.56. The zero-order valence-electron chi connectivity index (χ0n) is 9.84. The van der Waals surface area contributed by atoms with Gasteiger partial charge in [-0.15, -0.1) is 0 Å². The molecule has 0 spiro atoms. The van der Waals surface area contributed by atoms with Gasteiger partial charge in [-0.25, -0.2) is 0 Å². The normalized spacial score (nSPS) is 10.0. The van der Waals surface area contributed by atoms with Crippen molar-refractivity contribution in [2.24, 2.45) is 0 Å². The first-order valence-electron chi connectivity index (χ1n) is 4.60. The van der Waals surface area contributed by atoms with Gasteiger partial charge in [-0.3, -0.25) is 0 Å². The van der Waals surface area contributed by atoms with Crippen molar-refractivity contribution in [2.75, 3.05) is 26.7 Å². The Morgan fingerprint density at radius 3 is 2.25 bits per heavy atom. The topological polar surface area (TPSA) is 23.5 Å². The number of aliphatic hydroxyl groups is 1. The van der Waals surface area contributed by atoms with Crippen LogP contribution in [-0.4, -0.2) is 36.8 Å². The molecule has 70 valence electrons. The van der Waals surface area contributed by atoms with Crippen molar-refractivity contribution >= 4 is 0 Å². The van der Waals surface area contributed by atoms with Crippen LogP contribution in [-0.2, 0) is 0 Å². The minimum atomic E-state index is 0. The van der Waals surface area contributed by atoms with E-state index in [1.165, 1.54) is 25.8 Å². The zero-order valence-corrected chi connectivity index (χ0v) is 10.8. The minimum absolute atomic E-state index is 0. The number of hydrogen-bond donors (Lipinski definition) is 1. The molecule has 0 heterocycles. The zero-order chi connectivity index (χ0) is 8.53. The molecule has 0 fully saturated rings. The molecule has 0 aromatic carbocycles. The van der Waals surface area contributed by atoms with Crippen LogP contribution in [0.25, 0.3) is 0 Å². The molecular formula is C9H22NNaO. The molecule has 0 bridgehead atoms. The van der Waals surface area contributed by atoms with E-state index in [4.69, 9.17) is 5.11 Å². The van der Waals surface area contributed by atoms with E-state index in [2.05, 4.69) is 18.9 Å². The smallest absolute Gasteiger partial charge is 1.00 e. The van der Waals surface area contributed by atoms with Crippen LogP contribution in [0.5, 0.6) is 0 Å². The van der Waals surface area contributed by atoms with Gasteiger partial charge in [-0.1, -0.05) is 19.8 Å². The largest absolute Gasteiger partial charge is 1.00 e. The van der Waals surface area contributed by atoms with Crippen LogP contribution in [0.3, 0.4) is 0 Å². The molecule has 0 aliphatic heterocycles. The minimum Gasteiger partial charge on any atom is -1.00 e. The fourth-order valence-corrected chi connectivity index (χ4v) is 1.08. The van der Waals surface area contributed by atoms with Gasteiger partial charge < -0.3 is 11.4 Å². The molecule has 12 heavy (non-hydrogen) atoms. The number of rotatable bonds is 7. The quantitative estimate of drug-likeness (QED) is 0.388. The van der Waals surface area contributed by atoms with Crippen molar-refractivity contribution in [3.05, 3.63) is 0 Å². The van der Waals surface area contributed by atoms with E-state index in [0.717, 1.165) is 13.0 Å². The van der Waals surface area contributed by atoms with Crippen molar-refractivity contribution in [1.29, 1.82) is 0 Å². The van der Waals surface area contributed by atoms with Crippen LogP contribution >= 0.6 is 0 Å². The maximum absolute atomic E-state index is 8.56. The van der Waals surface area contributed by atoms with Gasteiger partial charge in [0.15, 0.2) is 0 Å². The Balaban J connectivity index is -0.000000500. The second-order valence-corrected chi connectivity index (χ2v) is 3.09. The second kappa shape index (κ2) is 11.9. The van der Waals surface area contributed by atoms with Gasteiger partial charge in [0, 0.05) is 13.2 Å². The molecule has 0 saturated heterocycles. The third kappa shape index (κ3) is 10.9. The summed E-state index contributed by atoms with van der Waals surface area (Å²) in [5.74, 6) is 0. The van der Waals surface area contributed by atoms with Crippen molar-refractivity contribution in [3.63, 3.8) is 0 Å². The van der Waals surface area contributed by atoms with Gasteiger partial charge >= 0.3 is 29.6 Å². The van der Waals surface area contributed by atoms with Gasteiger partial charge in [0.25, 0.3) is 0 Å². The standard InChI is InChI=1S/C9H21NO.Na.H/c1-3-4-5-7-10(2)8-6-9-11;;/h11H,3-9H2,1-2H3;;/q;+1;-1. The van der Waals surface area contributed by atoms with Crippen LogP contribution in [0.1, 0.15) is 34.0 Å². The number of hydrogen-bond acceptors (Lipinski definition) is 2. The first-order chi connectivity index (χ1) is 5.31. The summed E-state index contributed by atoms with van der Waals surface area (Å²) in [6.45, 7) is 4.74. The summed E-state index contributed by atoms with van der Waals surface area (Å²) in [7, 11) is 2.12. The Labute approximate surface area is 100 Å². The Morgan fingerprint density at radius 1 is 1.17 bits per heavy atom. The number of unbranched alkanes of at least 4 members (excludes halogenated alkanes) is 2. The monoisotopic (exact) mass is 183 g/mol. The molecule has 0 rings (SSSR count). The molecule has 3 heteroatoms. The third-order valence-electron chi connectivity index (χ3n) is 1.84. The predicted molar refractivity (Wildman–Crippen MR) is 49.8 cm³/mol. The van der Waals surface area contributed by atoms with E-state index < -0.39 is 0 Å². The molecule has 2 nitrogen and oxygen atoms in total. The summed E-state index contributed by atoms with van der Waals surface area (Å²) in [5, 5.41) is 8.56. The van der Waals surface area contributed by atoms with Crippen LogP contribution in [0.4, 0.5) is 0 Å². The molecule has 0 saturated carbocycles. The first kappa shape index (κ1) is 15.4. The maximum Gasteiger partial charge on any atom is 1.00 e. The van der Waals surface area contributed by atoms with Crippen LogP contribution in [0.2, 0.25) is 0 Å². The third-order valence-corrected chi connectivity index (χ3v) is 1.84. The van der Waals surface area contributed by atoms with Crippen LogP contribution < -0.4 is 29.6 Å². The molecule has 0 aromatic heterocycles. The van der Waals surface area contributed by atoms with E-state index in [1.807, 2.05) is 0 Å². The summed E-state index contributed by atoms with van der Waals surface area (Å²) >= 11 is 0. The molecule has 0 aliphatic rings. The predicted octanol–water partition coefficient (Wildman–Crippen LogP) is -1.39. The number of aliphatic hydroxyl groups excluding tert-OH is 1. The summed E-state index contributed by atoms with van der Waals surface area (Å²) in [6, 6.07) is 0. The average molecular weight is 183 g/mol. The van der Waals surface area contributed by atoms with Crippen molar-refractivity contribution in [3.8, 4) is 0 Å². The Hall–Kier alpha value is 0.920. The van der Waals surface area contributed by atoms with E-state index in [-0.39, 0.29) is 31.0 Å². The SMILES string of the molecule is CCCCCN(C)CCCO.[H-].[Na+]. The fourth-order valence-electron chi connectivity index (χ4n) is 1.08. The Kier molecular flexibility index (Phi) is 15.3. The molecule has 0 aromatic rings. The van der Waals surface area contributed by atoms with Gasteiger partial charge in [-0.05, 0) is 26.4 Å². The van der Waals surface area contributed by atoms with Gasteiger partial charge in [0.2, 0.25) is 0 Å². The van der Waals surface area contributed by atoms with E-state index in [9.17, 15) is 0 Å². The summed E-state index contributed by atoms with van der Waals surface area (Å²) in [4.78, 5) is 2.28. The Bertz CT molecular complexity index is 86.0. The summed E-state index contributed by atoms with van der Waals surface area (Å²) in [6.07, 6.45) is 4.80. The average Bonchev–Trinajstić information content (AvgIpc) is 2.01. The molecular weight excluding hydrogens is 161 g/mol. The van der Waals surface area contributed by atoms with Crippen molar-refractivity contribution in [1.82, 2.24) is 4.90 Å². The summed E-state index contributed by atoms with van der Waals surface area (Å²) in [5.41, 5.74) is 0. The molecule has 0 atom stereocenters. The Morgan fingerprint density at radius 2 is 1.75 bits per heavy atom. The number of nitrogens with zero attached hydrogens (tertiary/aromatic N) is 1. The molecule has 0 amide bonds. The first-order valence-corrected chi connectivity index (χ1v) is 4.60. The van der Waals surface area contributed by atoms with Gasteiger partial charge in [0.1, 0.15) is 0 Å². The second-order valence-electron chi connectivity index (χ2n) is 3.09. The van der Waals surface area contributed by atoms with Gasteiger partial charge in [0.05, 0.1) is 0 Å². The van der Waals surface area contributed by atoms with E-state index in [0.29, 0.717) is 6.61 Å². The fraction of sp³-hybridized carbons (Fsp3) is 1.00. The van der Waals surface area contributed by atoms with Crippen molar-refractivity contribution < 1.29 is 36.1 Å². The van der Waals surface area contributed by atoms with E-state index in [1.54, 1.807) is 0 Å². The van der Waals surface area contributed by atoms with Crippen LogP contribution in [0, 0.1) is 0 Å². The molecule has 0 aliphatic carbocycles. The summed E-state index contributed by atoms with van der Waals surface area (Å²) < 4.78 is 0. The molecule has 1 N–H and O–H groups in total. The van der Waals surface area contributed by atoms with Gasteiger partial charge in [-0.2, -0.15) is 0 Å².